The maximum absolute atomic E-state index is 12.6. The molecule has 1 aromatic rings. The lowest BCUT2D eigenvalue weighted by Gasteiger charge is -2.40. The molecule has 0 radical (unpaired) electrons. The molecule has 1 N–H and O–H groups in total. The van der Waals surface area contributed by atoms with Gasteiger partial charge < -0.3 is 10.2 Å². The van der Waals surface area contributed by atoms with Gasteiger partial charge in [0.1, 0.15) is 0 Å². The number of amides is 1. The van der Waals surface area contributed by atoms with Crippen LogP contribution in [0.1, 0.15) is 43.4 Å². The van der Waals surface area contributed by atoms with E-state index in [4.69, 9.17) is 0 Å². The topological polar surface area (TPSA) is 32.3 Å². The molecule has 3 atom stereocenters. The number of carbonyl (C=O) groups is 1. The summed E-state index contributed by atoms with van der Waals surface area (Å²) in [7, 11) is 1.93. The second-order valence-electron chi connectivity index (χ2n) is 6.22. The van der Waals surface area contributed by atoms with E-state index in [9.17, 15) is 4.79 Å². The molecule has 2 heterocycles. The quantitative estimate of drug-likeness (QED) is 0.929. The van der Waals surface area contributed by atoms with E-state index in [1.165, 1.54) is 37.0 Å². The summed E-state index contributed by atoms with van der Waals surface area (Å²) in [4.78, 5) is 15.7. The summed E-state index contributed by atoms with van der Waals surface area (Å²) in [5, 5.41) is 5.70. The van der Waals surface area contributed by atoms with E-state index in [2.05, 4.69) is 16.8 Å². The van der Waals surface area contributed by atoms with Gasteiger partial charge in [0.05, 0.1) is 12.6 Å². The number of rotatable bonds is 3. The zero-order valence-corrected chi connectivity index (χ0v) is 13.0. The highest BCUT2D eigenvalue weighted by Gasteiger charge is 2.35. The first-order valence-corrected chi connectivity index (χ1v) is 8.65. The summed E-state index contributed by atoms with van der Waals surface area (Å²) in [5.41, 5.74) is 0. The standard InChI is InChI=1S/C16H24N2OS/c1-18(11-13-6-4-10-20-13)16(19)15-9-8-12-5-2-3-7-14(12)17-15/h4,6,10,12,14-15,17H,2-3,5,7-9,11H2,1H3. The molecule has 0 aromatic carbocycles. The molecule has 3 nitrogen and oxygen atoms in total. The average molecular weight is 292 g/mol. The SMILES string of the molecule is CN(Cc1cccs1)C(=O)C1CCC2CCCCC2N1. The first-order valence-electron chi connectivity index (χ1n) is 7.77. The van der Waals surface area contributed by atoms with Crippen LogP contribution in [0.15, 0.2) is 17.5 Å². The lowest BCUT2D eigenvalue weighted by Crippen LogP contribution is -2.55. The molecule has 0 bridgehead atoms. The minimum absolute atomic E-state index is 0.0410. The van der Waals surface area contributed by atoms with E-state index in [0.29, 0.717) is 6.04 Å². The van der Waals surface area contributed by atoms with Crippen molar-refractivity contribution in [3.05, 3.63) is 22.4 Å². The van der Waals surface area contributed by atoms with Crippen molar-refractivity contribution in [2.45, 2.75) is 57.2 Å². The second kappa shape index (κ2) is 6.27. The van der Waals surface area contributed by atoms with Gasteiger partial charge in [0.25, 0.3) is 0 Å². The molecule has 20 heavy (non-hydrogen) atoms. The lowest BCUT2D eigenvalue weighted by atomic mass is 9.77. The van der Waals surface area contributed by atoms with E-state index < -0.39 is 0 Å². The maximum Gasteiger partial charge on any atom is 0.239 e. The summed E-state index contributed by atoms with van der Waals surface area (Å²) in [6.07, 6.45) is 7.53. The molecule has 3 rings (SSSR count). The summed E-state index contributed by atoms with van der Waals surface area (Å²) < 4.78 is 0. The Labute approximate surface area is 125 Å². The number of fused-ring (bicyclic) bond motifs is 1. The van der Waals surface area contributed by atoms with Crippen molar-refractivity contribution in [1.82, 2.24) is 10.2 Å². The van der Waals surface area contributed by atoms with Crippen LogP contribution in [0.3, 0.4) is 0 Å². The third kappa shape index (κ3) is 3.07. The molecule has 1 aliphatic heterocycles. The normalized spacial score (nSPS) is 29.8. The van der Waals surface area contributed by atoms with Crippen LogP contribution in [0.25, 0.3) is 0 Å². The summed E-state index contributed by atoms with van der Waals surface area (Å²) in [6, 6.07) is 4.77. The average Bonchev–Trinajstić information content (AvgIpc) is 2.99. The number of nitrogens with zero attached hydrogens (tertiary/aromatic N) is 1. The zero-order valence-electron chi connectivity index (χ0n) is 12.2. The van der Waals surface area contributed by atoms with E-state index in [-0.39, 0.29) is 11.9 Å². The van der Waals surface area contributed by atoms with Gasteiger partial charge in [-0.1, -0.05) is 18.9 Å². The van der Waals surface area contributed by atoms with Crippen LogP contribution in [0.4, 0.5) is 0 Å². The van der Waals surface area contributed by atoms with E-state index in [0.717, 1.165) is 18.9 Å². The predicted octanol–water partition coefficient (Wildman–Crippen LogP) is 3.02. The molecule has 1 saturated heterocycles. The van der Waals surface area contributed by atoms with Gasteiger partial charge in [-0.05, 0) is 43.0 Å². The van der Waals surface area contributed by atoms with Crippen molar-refractivity contribution in [3.8, 4) is 0 Å². The Bertz CT molecular complexity index is 445. The van der Waals surface area contributed by atoms with Crippen molar-refractivity contribution < 1.29 is 4.79 Å². The van der Waals surface area contributed by atoms with Crippen molar-refractivity contribution in [3.63, 3.8) is 0 Å². The number of hydrogen-bond donors (Lipinski definition) is 1. The zero-order chi connectivity index (χ0) is 13.9. The Kier molecular flexibility index (Phi) is 4.41. The highest BCUT2D eigenvalue weighted by Crippen LogP contribution is 2.32. The third-order valence-corrected chi connectivity index (χ3v) is 5.66. The van der Waals surface area contributed by atoms with Crippen LogP contribution in [0, 0.1) is 5.92 Å². The monoisotopic (exact) mass is 292 g/mol. The fourth-order valence-electron chi connectivity index (χ4n) is 3.67. The minimum Gasteiger partial charge on any atom is -0.339 e. The van der Waals surface area contributed by atoms with Gasteiger partial charge in [0, 0.05) is 18.0 Å². The van der Waals surface area contributed by atoms with Crippen LogP contribution >= 0.6 is 11.3 Å². The van der Waals surface area contributed by atoms with Crippen molar-refractivity contribution in [2.24, 2.45) is 5.92 Å². The minimum atomic E-state index is 0.0410. The third-order valence-electron chi connectivity index (χ3n) is 4.80. The van der Waals surface area contributed by atoms with Crippen LogP contribution in [-0.2, 0) is 11.3 Å². The molecule has 0 spiro atoms. The first kappa shape index (κ1) is 14.1. The summed E-state index contributed by atoms with van der Waals surface area (Å²) >= 11 is 1.72. The lowest BCUT2D eigenvalue weighted by molar-refractivity contribution is -0.134. The summed E-state index contributed by atoms with van der Waals surface area (Å²) in [5.74, 6) is 1.08. The Morgan fingerprint density at radius 2 is 2.20 bits per heavy atom. The van der Waals surface area contributed by atoms with Crippen molar-refractivity contribution in [2.75, 3.05) is 7.05 Å². The highest BCUT2D eigenvalue weighted by molar-refractivity contribution is 7.09. The number of thiophene rings is 1. The molecular formula is C16H24N2OS. The van der Waals surface area contributed by atoms with Gasteiger partial charge >= 0.3 is 0 Å². The largest absolute Gasteiger partial charge is 0.339 e. The van der Waals surface area contributed by atoms with Crippen LogP contribution in [0.5, 0.6) is 0 Å². The molecular weight excluding hydrogens is 268 g/mol. The predicted molar refractivity (Wildman–Crippen MR) is 82.7 cm³/mol. The molecule has 1 amide bonds. The summed E-state index contributed by atoms with van der Waals surface area (Å²) in [6.45, 7) is 0.739. The number of carbonyl (C=O) groups excluding carboxylic acids is 1. The number of nitrogens with one attached hydrogen (secondary N) is 1. The van der Waals surface area contributed by atoms with Crippen molar-refractivity contribution >= 4 is 17.2 Å². The second-order valence-corrected chi connectivity index (χ2v) is 7.25. The molecule has 1 aliphatic carbocycles. The van der Waals surface area contributed by atoms with Gasteiger partial charge in [-0.15, -0.1) is 11.3 Å². The molecule has 1 saturated carbocycles. The molecule has 110 valence electrons. The van der Waals surface area contributed by atoms with Gasteiger partial charge in [-0.3, -0.25) is 4.79 Å². The fourth-order valence-corrected chi connectivity index (χ4v) is 4.43. The van der Waals surface area contributed by atoms with Gasteiger partial charge in [-0.2, -0.15) is 0 Å². The molecule has 4 heteroatoms. The Hall–Kier alpha value is -0.870. The Morgan fingerprint density at radius 3 is 3.00 bits per heavy atom. The highest BCUT2D eigenvalue weighted by atomic mass is 32.1. The van der Waals surface area contributed by atoms with Gasteiger partial charge in [0.2, 0.25) is 5.91 Å². The first-order chi connectivity index (χ1) is 9.74. The van der Waals surface area contributed by atoms with Gasteiger partial charge in [-0.25, -0.2) is 0 Å². The number of piperidine rings is 1. The van der Waals surface area contributed by atoms with Crippen LogP contribution in [-0.4, -0.2) is 29.9 Å². The van der Waals surface area contributed by atoms with Gasteiger partial charge in [0.15, 0.2) is 0 Å². The number of hydrogen-bond acceptors (Lipinski definition) is 3. The maximum atomic E-state index is 12.6. The van der Waals surface area contributed by atoms with E-state index in [1.807, 2.05) is 18.0 Å². The van der Waals surface area contributed by atoms with E-state index in [1.54, 1.807) is 11.3 Å². The Morgan fingerprint density at radius 1 is 1.35 bits per heavy atom. The smallest absolute Gasteiger partial charge is 0.239 e. The molecule has 2 fully saturated rings. The van der Waals surface area contributed by atoms with Crippen LogP contribution < -0.4 is 5.32 Å². The molecule has 3 unspecified atom stereocenters. The number of likely N-dealkylation sites (N-methyl/N-ethyl adjacent to an activating group) is 1. The molecule has 1 aromatic heterocycles. The van der Waals surface area contributed by atoms with E-state index >= 15 is 0 Å². The fraction of sp³-hybridized carbons (Fsp3) is 0.688. The van der Waals surface area contributed by atoms with Crippen LogP contribution in [0.2, 0.25) is 0 Å². The molecule has 2 aliphatic rings. The van der Waals surface area contributed by atoms with Crippen molar-refractivity contribution in [1.29, 1.82) is 0 Å². The Balaban J connectivity index is 1.56.